The van der Waals surface area contributed by atoms with E-state index in [1.807, 2.05) is 0 Å². The molecule has 0 fully saturated rings. The van der Waals surface area contributed by atoms with E-state index in [2.05, 4.69) is 0 Å². The van der Waals surface area contributed by atoms with E-state index >= 15 is 0 Å². The zero-order chi connectivity index (χ0) is 14.6. The smallest absolute Gasteiger partial charge is 0.335 e. The Labute approximate surface area is 111 Å². The molecule has 0 radical (unpaired) electrons. The highest BCUT2D eigenvalue weighted by atomic mass is 16.5. The molecule has 0 amide bonds. The first kappa shape index (κ1) is 14.8. The van der Waals surface area contributed by atoms with Crippen LogP contribution in [0, 0.1) is 0 Å². The molecule has 1 aromatic carbocycles. The number of carboxylic acids is 1. The first-order valence-corrected chi connectivity index (χ1v) is 5.90. The van der Waals surface area contributed by atoms with Crippen LogP contribution in [0.15, 0.2) is 18.2 Å². The van der Waals surface area contributed by atoms with Crippen molar-refractivity contribution in [3.8, 4) is 0 Å². The van der Waals surface area contributed by atoms with Crippen molar-refractivity contribution < 1.29 is 19.4 Å². The lowest BCUT2D eigenvalue weighted by Crippen LogP contribution is -2.37. The lowest BCUT2D eigenvalue weighted by molar-refractivity contribution is -0.144. The fourth-order valence-corrected chi connectivity index (χ4v) is 1.64. The maximum absolute atomic E-state index is 11.6. The molecule has 0 saturated heterocycles. The van der Waals surface area contributed by atoms with Crippen LogP contribution in [0.1, 0.15) is 24.2 Å². The highest BCUT2D eigenvalue weighted by molar-refractivity contribution is 5.91. The monoisotopic (exact) mass is 266 g/mol. The van der Waals surface area contributed by atoms with E-state index in [1.54, 1.807) is 31.9 Å². The number of rotatable bonds is 5. The second-order valence-corrected chi connectivity index (χ2v) is 4.12. The first-order valence-electron chi connectivity index (χ1n) is 5.90. The summed E-state index contributed by atoms with van der Waals surface area (Å²) in [4.78, 5) is 24.1. The van der Waals surface area contributed by atoms with Gasteiger partial charge in [-0.2, -0.15) is 0 Å². The van der Waals surface area contributed by atoms with Gasteiger partial charge in [-0.15, -0.1) is 0 Å². The van der Waals surface area contributed by atoms with E-state index in [0.29, 0.717) is 18.0 Å². The van der Waals surface area contributed by atoms with Crippen LogP contribution in [0.2, 0.25) is 0 Å². The molecule has 0 aliphatic rings. The fourth-order valence-electron chi connectivity index (χ4n) is 1.64. The van der Waals surface area contributed by atoms with Crippen LogP contribution < -0.4 is 10.6 Å². The average Bonchev–Trinajstić information content (AvgIpc) is 2.37. The summed E-state index contributed by atoms with van der Waals surface area (Å²) in [6.45, 7) is 3.74. The Balaban J connectivity index is 2.96. The van der Waals surface area contributed by atoms with Crippen LogP contribution in [-0.4, -0.2) is 36.7 Å². The van der Waals surface area contributed by atoms with E-state index in [9.17, 15) is 9.59 Å². The number of ether oxygens (including phenoxy) is 1. The van der Waals surface area contributed by atoms with Crippen molar-refractivity contribution in [1.82, 2.24) is 0 Å². The molecule has 6 heteroatoms. The number of carbonyl (C=O) groups is 2. The van der Waals surface area contributed by atoms with Crippen LogP contribution in [-0.2, 0) is 9.53 Å². The largest absolute Gasteiger partial charge is 0.478 e. The Hall–Kier alpha value is -2.24. The molecular formula is C13H18N2O4. The molecule has 0 heterocycles. The van der Waals surface area contributed by atoms with Gasteiger partial charge in [0.15, 0.2) is 0 Å². The van der Waals surface area contributed by atoms with E-state index in [4.69, 9.17) is 15.6 Å². The minimum Gasteiger partial charge on any atom is -0.478 e. The summed E-state index contributed by atoms with van der Waals surface area (Å²) in [5.74, 6) is -1.40. The number of likely N-dealkylation sites (N-methyl/N-ethyl adjacent to an activating group) is 1. The van der Waals surface area contributed by atoms with Gasteiger partial charge in [0.2, 0.25) is 0 Å². The molecule has 0 aromatic heterocycles. The van der Waals surface area contributed by atoms with Gasteiger partial charge in [-0.05, 0) is 32.0 Å². The number of nitrogen functional groups attached to an aromatic ring is 1. The number of esters is 1. The first-order chi connectivity index (χ1) is 8.88. The van der Waals surface area contributed by atoms with Crippen molar-refractivity contribution in [3.63, 3.8) is 0 Å². The normalized spacial score (nSPS) is 11.7. The Bertz CT molecular complexity index is 488. The summed E-state index contributed by atoms with van der Waals surface area (Å²) in [6, 6.07) is 3.89. The molecular weight excluding hydrogens is 248 g/mol. The standard InChI is InChI=1S/C13H18N2O4/c1-4-19-13(18)8(2)15(3)11-6-5-9(12(16)17)7-10(11)14/h5-8H,4,14H2,1-3H3,(H,16,17). The van der Waals surface area contributed by atoms with Gasteiger partial charge in [-0.1, -0.05) is 0 Å². The summed E-state index contributed by atoms with van der Waals surface area (Å²) in [6.07, 6.45) is 0. The maximum atomic E-state index is 11.6. The summed E-state index contributed by atoms with van der Waals surface area (Å²) >= 11 is 0. The molecule has 104 valence electrons. The maximum Gasteiger partial charge on any atom is 0.335 e. The van der Waals surface area contributed by atoms with E-state index < -0.39 is 12.0 Å². The molecule has 0 bridgehead atoms. The second kappa shape index (κ2) is 6.08. The van der Waals surface area contributed by atoms with Crippen molar-refractivity contribution in [2.45, 2.75) is 19.9 Å². The molecule has 19 heavy (non-hydrogen) atoms. The number of aromatic carboxylic acids is 1. The fraction of sp³-hybridized carbons (Fsp3) is 0.385. The molecule has 1 atom stereocenters. The van der Waals surface area contributed by atoms with Crippen LogP contribution in [0.4, 0.5) is 11.4 Å². The summed E-state index contributed by atoms with van der Waals surface area (Å²) in [7, 11) is 1.70. The third-order valence-corrected chi connectivity index (χ3v) is 2.86. The van der Waals surface area contributed by atoms with Gasteiger partial charge in [0, 0.05) is 7.05 Å². The number of carbonyl (C=O) groups excluding carboxylic acids is 1. The molecule has 0 saturated carbocycles. The number of hydrogen-bond donors (Lipinski definition) is 2. The number of anilines is 2. The van der Waals surface area contributed by atoms with Crippen LogP contribution >= 0.6 is 0 Å². The third kappa shape index (κ3) is 3.37. The molecule has 1 aromatic rings. The molecule has 3 N–H and O–H groups in total. The van der Waals surface area contributed by atoms with E-state index in [0.717, 1.165) is 0 Å². The second-order valence-electron chi connectivity index (χ2n) is 4.12. The minimum atomic E-state index is -1.04. The number of carboxylic acid groups (broad SMARTS) is 1. The van der Waals surface area contributed by atoms with Gasteiger partial charge in [-0.25, -0.2) is 9.59 Å². The van der Waals surface area contributed by atoms with E-state index in [-0.39, 0.29) is 11.5 Å². The van der Waals surface area contributed by atoms with Crippen molar-refractivity contribution in [1.29, 1.82) is 0 Å². The Morgan fingerprint density at radius 1 is 1.47 bits per heavy atom. The Morgan fingerprint density at radius 3 is 2.58 bits per heavy atom. The molecule has 1 unspecified atom stereocenters. The van der Waals surface area contributed by atoms with Gasteiger partial charge in [-0.3, -0.25) is 0 Å². The zero-order valence-corrected chi connectivity index (χ0v) is 11.2. The highest BCUT2D eigenvalue weighted by Gasteiger charge is 2.21. The summed E-state index contributed by atoms with van der Waals surface area (Å²) in [5, 5.41) is 8.86. The van der Waals surface area contributed by atoms with Crippen molar-refractivity contribution >= 4 is 23.3 Å². The van der Waals surface area contributed by atoms with Crippen LogP contribution in [0.25, 0.3) is 0 Å². The van der Waals surface area contributed by atoms with Gasteiger partial charge in [0.1, 0.15) is 6.04 Å². The molecule has 0 spiro atoms. The van der Waals surface area contributed by atoms with Crippen LogP contribution in [0.5, 0.6) is 0 Å². The number of nitrogens with two attached hydrogens (primary N) is 1. The SMILES string of the molecule is CCOC(=O)C(C)N(C)c1ccc(C(=O)O)cc1N. The molecule has 0 aliphatic carbocycles. The van der Waals surface area contributed by atoms with Crippen LogP contribution in [0.3, 0.4) is 0 Å². The van der Waals surface area contributed by atoms with Crippen molar-refractivity contribution in [2.75, 3.05) is 24.3 Å². The van der Waals surface area contributed by atoms with Gasteiger partial charge in [0.05, 0.1) is 23.5 Å². The summed E-state index contributed by atoms with van der Waals surface area (Å²) in [5.41, 5.74) is 6.82. The number of hydrogen-bond acceptors (Lipinski definition) is 5. The molecule has 6 nitrogen and oxygen atoms in total. The van der Waals surface area contributed by atoms with Crippen molar-refractivity contribution in [3.05, 3.63) is 23.8 Å². The third-order valence-electron chi connectivity index (χ3n) is 2.86. The topological polar surface area (TPSA) is 92.9 Å². The Morgan fingerprint density at radius 2 is 2.11 bits per heavy atom. The lowest BCUT2D eigenvalue weighted by atomic mass is 10.1. The number of benzene rings is 1. The minimum absolute atomic E-state index is 0.110. The zero-order valence-electron chi connectivity index (χ0n) is 11.2. The predicted molar refractivity (Wildman–Crippen MR) is 72.3 cm³/mol. The average molecular weight is 266 g/mol. The lowest BCUT2D eigenvalue weighted by Gasteiger charge is -2.26. The van der Waals surface area contributed by atoms with Gasteiger partial charge < -0.3 is 20.5 Å². The predicted octanol–water partition coefficient (Wildman–Crippen LogP) is 1.35. The highest BCUT2D eigenvalue weighted by Crippen LogP contribution is 2.25. The van der Waals surface area contributed by atoms with Gasteiger partial charge >= 0.3 is 11.9 Å². The Kier molecular flexibility index (Phi) is 4.74. The quantitative estimate of drug-likeness (QED) is 0.617. The van der Waals surface area contributed by atoms with Gasteiger partial charge in [0.25, 0.3) is 0 Å². The van der Waals surface area contributed by atoms with E-state index in [1.165, 1.54) is 12.1 Å². The number of nitrogens with zero attached hydrogens (tertiary/aromatic N) is 1. The molecule has 0 aliphatic heterocycles. The molecule has 1 rings (SSSR count). The van der Waals surface area contributed by atoms with Crippen molar-refractivity contribution in [2.24, 2.45) is 0 Å². The summed E-state index contributed by atoms with van der Waals surface area (Å²) < 4.78 is 4.93.